The molecule has 1 fully saturated rings. The number of halogens is 1. The third kappa shape index (κ3) is 4.61. The van der Waals surface area contributed by atoms with Crippen LogP contribution in [0.4, 0.5) is 0 Å². The summed E-state index contributed by atoms with van der Waals surface area (Å²) < 4.78 is 2.32. The second-order valence-electron chi connectivity index (χ2n) is 5.74. The van der Waals surface area contributed by atoms with Gasteiger partial charge in [0, 0.05) is 11.0 Å². The number of aromatic nitrogens is 2. The van der Waals surface area contributed by atoms with Gasteiger partial charge in [-0.1, -0.05) is 68.8 Å². The first-order chi connectivity index (χ1) is 9.69. The minimum atomic E-state index is 0.662. The van der Waals surface area contributed by atoms with Crippen molar-refractivity contribution in [2.75, 3.05) is 0 Å². The minimum Gasteiger partial charge on any atom is -0.266 e. The number of unbranched alkanes of at least 4 members (excludes halogenated alkanes) is 1. The molecule has 1 saturated carbocycles. The Morgan fingerprint density at radius 3 is 2.15 bits per heavy atom. The Kier molecular flexibility index (Phi) is 8.51. The average molecular weight is 343 g/mol. The summed E-state index contributed by atoms with van der Waals surface area (Å²) in [6, 6.07) is 0.662. The Balaban J connectivity index is 0.000000444. The smallest absolute Gasteiger partial charge is 0.0762 e. The van der Waals surface area contributed by atoms with Gasteiger partial charge in [-0.25, -0.2) is 0 Å². The highest BCUT2D eigenvalue weighted by Gasteiger charge is 2.21. The largest absolute Gasteiger partial charge is 0.266 e. The number of rotatable bonds is 4. The highest BCUT2D eigenvalue weighted by Crippen LogP contribution is 2.30. The molecule has 1 aromatic heterocycles. The lowest BCUT2D eigenvalue weighted by atomic mass is 9.95. The maximum atomic E-state index is 4.79. The first kappa shape index (κ1) is 17.7. The fourth-order valence-corrected chi connectivity index (χ4v) is 3.32. The van der Waals surface area contributed by atoms with E-state index in [-0.39, 0.29) is 0 Å². The fraction of sp³-hybridized carbons (Fsp3) is 0.824. The van der Waals surface area contributed by atoms with Crippen molar-refractivity contribution in [2.24, 2.45) is 0 Å². The van der Waals surface area contributed by atoms with Gasteiger partial charge >= 0.3 is 0 Å². The molecule has 0 N–H and O–H groups in total. The highest BCUT2D eigenvalue weighted by atomic mass is 79.9. The van der Waals surface area contributed by atoms with E-state index < -0.39 is 0 Å². The molecule has 0 unspecified atom stereocenters. The van der Waals surface area contributed by atoms with Gasteiger partial charge in [0.15, 0.2) is 0 Å². The molecular weight excluding hydrogens is 312 g/mol. The summed E-state index contributed by atoms with van der Waals surface area (Å²) in [5.74, 6) is 0. The number of hydrogen-bond donors (Lipinski definition) is 0. The molecule has 3 heteroatoms. The molecule has 1 aliphatic rings. The molecule has 1 aromatic rings. The lowest BCUT2D eigenvalue weighted by molar-refractivity contribution is 0.321. The van der Waals surface area contributed by atoms with Crippen molar-refractivity contribution in [1.82, 2.24) is 9.78 Å². The molecule has 0 radical (unpaired) electrons. The van der Waals surface area contributed by atoms with E-state index in [4.69, 9.17) is 5.10 Å². The van der Waals surface area contributed by atoms with Gasteiger partial charge < -0.3 is 0 Å². The maximum Gasteiger partial charge on any atom is 0.0762 e. The molecule has 0 aliphatic heterocycles. The second kappa shape index (κ2) is 9.59. The van der Waals surface area contributed by atoms with Crippen molar-refractivity contribution in [2.45, 2.75) is 90.4 Å². The van der Waals surface area contributed by atoms with E-state index in [1.807, 2.05) is 0 Å². The molecule has 0 bridgehead atoms. The molecule has 2 rings (SSSR count). The number of nitrogens with zero attached hydrogens (tertiary/aromatic N) is 2. The van der Waals surface area contributed by atoms with Gasteiger partial charge in [0.1, 0.15) is 0 Å². The number of hydrogen-bond acceptors (Lipinski definition) is 1. The van der Waals surface area contributed by atoms with E-state index in [1.165, 1.54) is 61.9 Å². The van der Waals surface area contributed by atoms with Crippen LogP contribution in [0.25, 0.3) is 0 Å². The van der Waals surface area contributed by atoms with E-state index in [1.54, 1.807) is 0 Å². The third-order valence-corrected chi connectivity index (χ3v) is 4.78. The van der Waals surface area contributed by atoms with E-state index in [0.29, 0.717) is 6.04 Å². The summed E-state index contributed by atoms with van der Waals surface area (Å²) in [5, 5.41) is 5.67. The predicted molar refractivity (Wildman–Crippen MR) is 91.7 cm³/mol. The Hall–Kier alpha value is -0.310. The monoisotopic (exact) mass is 342 g/mol. The molecule has 116 valence electrons. The van der Waals surface area contributed by atoms with Crippen LogP contribution in [0.1, 0.15) is 88.7 Å². The van der Waals surface area contributed by atoms with Gasteiger partial charge in [-0.2, -0.15) is 5.10 Å². The van der Waals surface area contributed by atoms with Gasteiger partial charge in [-0.05, 0) is 31.7 Å². The van der Waals surface area contributed by atoms with Crippen LogP contribution in [0.3, 0.4) is 0 Å². The summed E-state index contributed by atoms with van der Waals surface area (Å²) in [6.07, 6.45) is 10.5. The van der Waals surface area contributed by atoms with Crippen molar-refractivity contribution in [3.63, 3.8) is 0 Å². The first-order valence-electron chi connectivity index (χ1n) is 8.32. The Bertz CT molecular complexity index is 377. The van der Waals surface area contributed by atoms with Crippen LogP contribution in [-0.4, -0.2) is 9.78 Å². The normalized spacial score (nSPS) is 15.8. The maximum absolute atomic E-state index is 4.79. The first-order valence-corrected chi connectivity index (χ1v) is 9.44. The van der Waals surface area contributed by atoms with Crippen LogP contribution in [0.15, 0.2) is 0 Å². The van der Waals surface area contributed by atoms with Crippen LogP contribution in [0.2, 0.25) is 0 Å². The molecule has 0 spiro atoms. The molecule has 2 nitrogen and oxygen atoms in total. The molecule has 0 amide bonds. The summed E-state index contributed by atoms with van der Waals surface area (Å²) >= 11 is 3.53. The zero-order valence-corrected chi connectivity index (χ0v) is 15.3. The van der Waals surface area contributed by atoms with Gasteiger partial charge in [0.05, 0.1) is 11.7 Å². The van der Waals surface area contributed by atoms with Crippen LogP contribution in [0, 0.1) is 6.92 Å². The molecule has 0 aromatic carbocycles. The Labute approximate surface area is 133 Å². The SMILES string of the molecule is CCCC.CCc1c(C)c(CBr)nn1C1CCCCC1. The molecule has 1 heterocycles. The summed E-state index contributed by atoms with van der Waals surface area (Å²) in [7, 11) is 0. The van der Waals surface area contributed by atoms with Gasteiger partial charge in [-0.15, -0.1) is 0 Å². The standard InChI is InChI=1S/C13H21BrN2.C4H10/c1-3-13-10(2)12(9-14)15-16(13)11-7-5-4-6-8-11;1-3-4-2/h11H,3-9H2,1-2H3;3-4H2,1-2H3. The zero-order chi connectivity index (χ0) is 15.0. The number of alkyl halides is 1. The summed E-state index contributed by atoms with van der Waals surface area (Å²) in [5.41, 5.74) is 4.06. The quantitative estimate of drug-likeness (QED) is 0.617. The van der Waals surface area contributed by atoms with E-state index >= 15 is 0 Å². The summed E-state index contributed by atoms with van der Waals surface area (Å²) in [4.78, 5) is 0. The van der Waals surface area contributed by atoms with Crippen LogP contribution < -0.4 is 0 Å². The second-order valence-corrected chi connectivity index (χ2v) is 6.30. The molecule has 1 aliphatic carbocycles. The van der Waals surface area contributed by atoms with Gasteiger partial charge in [0.25, 0.3) is 0 Å². The minimum absolute atomic E-state index is 0.662. The van der Waals surface area contributed by atoms with Crippen molar-refractivity contribution in [1.29, 1.82) is 0 Å². The molecule has 0 atom stereocenters. The molecule has 0 saturated heterocycles. The fourth-order valence-electron chi connectivity index (χ4n) is 2.79. The Morgan fingerprint density at radius 2 is 1.70 bits per heavy atom. The van der Waals surface area contributed by atoms with Crippen molar-refractivity contribution in [3.8, 4) is 0 Å². The average Bonchev–Trinajstić information content (AvgIpc) is 2.84. The summed E-state index contributed by atoms with van der Waals surface area (Å²) in [6.45, 7) is 8.81. The van der Waals surface area contributed by atoms with E-state index in [9.17, 15) is 0 Å². The van der Waals surface area contributed by atoms with Crippen molar-refractivity contribution >= 4 is 15.9 Å². The van der Waals surface area contributed by atoms with Crippen LogP contribution in [-0.2, 0) is 11.8 Å². The van der Waals surface area contributed by atoms with Crippen LogP contribution >= 0.6 is 15.9 Å². The topological polar surface area (TPSA) is 17.8 Å². The van der Waals surface area contributed by atoms with Crippen molar-refractivity contribution in [3.05, 3.63) is 17.0 Å². The van der Waals surface area contributed by atoms with Crippen molar-refractivity contribution < 1.29 is 0 Å². The van der Waals surface area contributed by atoms with Gasteiger partial charge in [-0.3, -0.25) is 4.68 Å². The van der Waals surface area contributed by atoms with E-state index in [2.05, 4.69) is 48.3 Å². The highest BCUT2D eigenvalue weighted by molar-refractivity contribution is 9.08. The Morgan fingerprint density at radius 1 is 1.10 bits per heavy atom. The van der Waals surface area contributed by atoms with Gasteiger partial charge in [0.2, 0.25) is 0 Å². The van der Waals surface area contributed by atoms with Crippen LogP contribution in [0.5, 0.6) is 0 Å². The lowest BCUT2D eigenvalue weighted by Gasteiger charge is -2.24. The van der Waals surface area contributed by atoms with E-state index in [0.717, 1.165) is 11.8 Å². The predicted octanol–water partition coefficient (Wildman–Crippen LogP) is 5.96. The molecular formula is C17H31BrN2. The molecule has 20 heavy (non-hydrogen) atoms. The zero-order valence-electron chi connectivity index (χ0n) is 13.7. The lowest BCUT2D eigenvalue weighted by Crippen LogP contribution is -2.16. The third-order valence-electron chi connectivity index (χ3n) is 4.25.